The van der Waals surface area contributed by atoms with E-state index in [1.165, 1.54) is 16.8 Å². The number of hydrogen-bond donors (Lipinski definition) is 1. The largest absolute Gasteiger partial charge is 0.355 e. The van der Waals surface area contributed by atoms with Gasteiger partial charge in [-0.3, -0.25) is 19.6 Å². The second-order valence-corrected chi connectivity index (χ2v) is 3.76. The molecule has 7 heteroatoms. The maximum absolute atomic E-state index is 11.5. The minimum absolute atomic E-state index is 0.0138. The van der Waals surface area contributed by atoms with Gasteiger partial charge in [0.15, 0.2) is 0 Å². The Morgan fingerprint density at radius 1 is 1.56 bits per heavy atom. The van der Waals surface area contributed by atoms with Gasteiger partial charge in [0.05, 0.1) is 16.6 Å². The van der Waals surface area contributed by atoms with Gasteiger partial charge >= 0.3 is 0 Å². The quantitative estimate of drug-likeness (QED) is 0.647. The number of nitrogens with one attached hydrogen (secondary N) is 1. The van der Waals surface area contributed by atoms with E-state index in [-0.39, 0.29) is 18.1 Å². The van der Waals surface area contributed by atoms with Gasteiger partial charge in [0.25, 0.3) is 5.69 Å². The van der Waals surface area contributed by atoms with Crippen molar-refractivity contribution in [1.82, 2.24) is 15.1 Å². The van der Waals surface area contributed by atoms with Crippen LogP contribution in [0, 0.1) is 10.1 Å². The predicted molar refractivity (Wildman–Crippen MR) is 65.1 cm³/mol. The van der Waals surface area contributed by atoms with Crippen molar-refractivity contribution in [2.45, 2.75) is 13.5 Å². The highest BCUT2D eigenvalue weighted by Gasteiger charge is 2.11. The molecule has 2 aromatic rings. The highest BCUT2D eigenvalue weighted by atomic mass is 16.6. The Hall–Kier alpha value is -2.44. The lowest BCUT2D eigenvalue weighted by molar-refractivity contribution is -0.384. The Balaban J connectivity index is 2.36. The Bertz CT molecular complexity index is 605. The number of nitrogens with zero attached hydrogens (tertiary/aromatic N) is 3. The molecule has 18 heavy (non-hydrogen) atoms. The molecule has 1 N–H and O–H groups in total. The molecule has 0 aliphatic heterocycles. The predicted octanol–water partition coefficient (Wildman–Crippen LogP) is 1.08. The summed E-state index contributed by atoms with van der Waals surface area (Å²) in [4.78, 5) is 21.7. The van der Waals surface area contributed by atoms with Gasteiger partial charge in [-0.1, -0.05) is 0 Å². The fourth-order valence-electron chi connectivity index (χ4n) is 1.69. The summed E-state index contributed by atoms with van der Waals surface area (Å²) in [5.74, 6) is -0.172. The maximum atomic E-state index is 11.5. The zero-order valence-corrected chi connectivity index (χ0v) is 9.79. The van der Waals surface area contributed by atoms with E-state index >= 15 is 0 Å². The molecule has 0 atom stereocenters. The smallest absolute Gasteiger partial charge is 0.271 e. The molecule has 0 bridgehead atoms. The first-order valence-corrected chi connectivity index (χ1v) is 5.48. The number of likely N-dealkylation sites (N-methyl/N-ethyl adjacent to an activating group) is 1. The first kappa shape index (κ1) is 12.0. The monoisotopic (exact) mass is 248 g/mol. The third kappa shape index (κ3) is 2.29. The summed E-state index contributed by atoms with van der Waals surface area (Å²) >= 11 is 0. The molecule has 0 spiro atoms. The van der Waals surface area contributed by atoms with E-state index in [2.05, 4.69) is 10.4 Å². The van der Waals surface area contributed by atoms with Crippen LogP contribution in [0.25, 0.3) is 10.9 Å². The van der Waals surface area contributed by atoms with Gasteiger partial charge in [0.1, 0.15) is 6.54 Å². The van der Waals surface area contributed by atoms with Crippen LogP contribution in [0.2, 0.25) is 0 Å². The summed E-state index contributed by atoms with van der Waals surface area (Å²) in [5.41, 5.74) is 0.565. The number of non-ortho nitro benzene ring substituents is 1. The molecule has 2 rings (SSSR count). The Morgan fingerprint density at radius 3 is 3.00 bits per heavy atom. The second kappa shape index (κ2) is 4.82. The molecule has 94 valence electrons. The topological polar surface area (TPSA) is 90.1 Å². The van der Waals surface area contributed by atoms with Crippen LogP contribution in [-0.2, 0) is 11.3 Å². The molecule has 0 saturated heterocycles. The van der Waals surface area contributed by atoms with Crippen LogP contribution < -0.4 is 5.32 Å². The molecule has 1 amide bonds. The van der Waals surface area contributed by atoms with Gasteiger partial charge in [0.2, 0.25) is 5.91 Å². The van der Waals surface area contributed by atoms with Crippen LogP contribution in [0.3, 0.4) is 0 Å². The minimum Gasteiger partial charge on any atom is -0.355 e. The van der Waals surface area contributed by atoms with E-state index in [1.54, 1.807) is 12.3 Å². The summed E-state index contributed by atoms with van der Waals surface area (Å²) in [6.45, 7) is 2.42. The number of aromatic nitrogens is 2. The molecule has 1 aromatic carbocycles. The van der Waals surface area contributed by atoms with Crippen LogP contribution in [0.5, 0.6) is 0 Å². The van der Waals surface area contributed by atoms with Crippen molar-refractivity contribution in [1.29, 1.82) is 0 Å². The lowest BCUT2D eigenvalue weighted by Gasteiger charge is -2.03. The zero-order valence-electron chi connectivity index (χ0n) is 9.79. The third-order valence-corrected chi connectivity index (χ3v) is 2.51. The van der Waals surface area contributed by atoms with Crippen molar-refractivity contribution < 1.29 is 9.72 Å². The molecule has 0 fully saturated rings. The van der Waals surface area contributed by atoms with Gasteiger partial charge in [-0.25, -0.2) is 0 Å². The first-order valence-electron chi connectivity index (χ1n) is 5.48. The maximum Gasteiger partial charge on any atom is 0.271 e. The molecule has 0 unspecified atom stereocenters. The number of rotatable bonds is 4. The van der Waals surface area contributed by atoms with E-state index in [0.29, 0.717) is 12.1 Å². The number of carbonyl (C=O) groups excluding carboxylic acids is 1. The molecular weight excluding hydrogens is 236 g/mol. The van der Waals surface area contributed by atoms with Gasteiger partial charge in [-0.15, -0.1) is 0 Å². The fraction of sp³-hybridized carbons (Fsp3) is 0.273. The van der Waals surface area contributed by atoms with Crippen molar-refractivity contribution >= 4 is 22.5 Å². The highest BCUT2D eigenvalue weighted by Crippen LogP contribution is 2.20. The second-order valence-electron chi connectivity index (χ2n) is 3.76. The number of benzene rings is 1. The van der Waals surface area contributed by atoms with Gasteiger partial charge < -0.3 is 5.32 Å². The van der Waals surface area contributed by atoms with E-state index in [4.69, 9.17) is 0 Å². The molecule has 0 aliphatic carbocycles. The lowest BCUT2D eigenvalue weighted by Crippen LogP contribution is -2.27. The van der Waals surface area contributed by atoms with E-state index in [9.17, 15) is 14.9 Å². The van der Waals surface area contributed by atoms with Crippen molar-refractivity contribution in [3.8, 4) is 0 Å². The minimum atomic E-state index is -0.469. The molecule has 0 radical (unpaired) electrons. The van der Waals surface area contributed by atoms with Crippen molar-refractivity contribution in [2.75, 3.05) is 6.54 Å². The van der Waals surface area contributed by atoms with Crippen LogP contribution in [-0.4, -0.2) is 27.2 Å². The van der Waals surface area contributed by atoms with Gasteiger partial charge in [-0.05, 0) is 13.0 Å². The van der Waals surface area contributed by atoms with Crippen molar-refractivity contribution in [3.05, 3.63) is 34.5 Å². The number of fused-ring (bicyclic) bond motifs is 1. The summed E-state index contributed by atoms with van der Waals surface area (Å²) in [7, 11) is 0. The summed E-state index contributed by atoms with van der Waals surface area (Å²) in [6.07, 6.45) is 1.58. The summed E-state index contributed by atoms with van der Waals surface area (Å²) < 4.78 is 1.45. The Labute approximate surface area is 103 Å². The Morgan fingerprint density at radius 2 is 2.33 bits per heavy atom. The number of amides is 1. The van der Waals surface area contributed by atoms with Gasteiger partial charge in [0, 0.05) is 24.1 Å². The average Bonchev–Trinajstić information content (AvgIpc) is 2.72. The fourth-order valence-corrected chi connectivity index (χ4v) is 1.69. The molecule has 0 saturated carbocycles. The van der Waals surface area contributed by atoms with E-state index in [0.717, 1.165) is 5.39 Å². The van der Waals surface area contributed by atoms with Crippen LogP contribution in [0.15, 0.2) is 24.4 Å². The molecule has 1 aromatic heterocycles. The highest BCUT2D eigenvalue weighted by molar-refractivity contribution is 5.83. The summed E-state index contributed by atoms with van der Waals surface area (Å²) in [5, 5.41) is 18.2. The lowest BCUT2D eigenvalue weighted by atomic mass is 10.2. The van der Waals surface area contributed by atoms with Crippen LogP contribution >= 0.6 is 0 Å². The number of nitro groups is 1. The van der Waals surface area contributed by atoms with E-state index < -0.39 is 4.92 Å². The average molecular weight is 248 g/mol. The molecule has 0 aliphatic rings. The zero-order chi connectivity index (χ0) is 13.1. The SMILES string of the molecule is CCNC(=O)Cn1ncc2ccc([N+](=O)[O-])cc21. The summed E-state index contributed by atoms with van der Waals surface area (Å²) in [6, 6.07) is 4.46. The molecular formula is C11H12N4O3. The van der Waals surface area contributed by atoms with Gasteiger partial charge in [-0.2, -0.15) is 5.10 Å². The van der Waals surface area contributed by atoms with Crippen molar-refractivity contribution in [2.24, 2.45) is 0 Å². The number of carbonyl (C=O) groups is 1. The standard InChI is InChI=1S/C11H12N4O3/c1-2-12-11(16)7-14-10-5-9(15(17)18)4-3-8(10)6-13-14/h3-6H,2,7H2,1H3,(H,12,16). The first-order chi connectivity index (χ1) is 8.61. The molecule has 1 heterocycles. The normalized spacial score (nSPS) is 10.5. The van der Waals surface area contributed by atoms with Crippen LogP contribution in [0.4, 0.5) is 5.69 Å². The third-order valence-electron chi connectivity index (χ3n) is 2.51. The number of hydrogen-bond acceptors (Lipinski definition) is 4. The van der Waals surface area contributed by atoms with E-state index in [1.807, 2.05) is 6.92 Å². The van der Waals surface area contributed by atoms with Crippen molar-refractivity contribution in [3.63, 3.8) is 0 Å². The number of nitro benzene ring substituents is 1. The van der Waals surface area contributed by atoms with Crippen LogP contribution in [0.1, 0.15) is 6.92 Å². The Kier molecular flexibility index (Phi) is 3.22. The molecule has 7 nitrogen and oxygen atoms in total.